The number of carbonyl (C=O) groups is 1. The number of sulfonamides is 1. The van der Waals surface area contributed by atoms with Gasteiger partial charge in [0.15, 0.2) is 0 Å². The van der Waals surface area contributed by atoms with Crippen molar-refractivity contribution in [2.24, 2.45) is 0 Å². The summed E-state index contributed by atoms with van der Waals surface area (Å²) in [5.74, 6) is -0.515. The van der Waals surface area contributed by atoms with Crippen LogP contribution in [-0.2, 0) is 21.2 Å². The Labute approximate surface area is 155 Å². The Morgan fingerprint density at radius 3 is 2.42 bits per heavy atom. The van der Waals surface area contributed by atoms with E-state index in [9.17, 15) is 13.2 Å². The van der Waals surface area contributed by atoms with Crippen LogP contribution in [0.15, 0.2) is 53.4 Å². The quantitative estimate of drug-likeness (QED) is 0.521. The van der Waals surface area contributed by atoms with E-state index in [1.165, 1.54) is 32.4 Å². The van der Waals surface area contributed by atoms with Crippen LogP contribution < -0.4 is 4.72 Å². The molecule has 0 unspecified atom stereocenters. The minimum absolute atomic E-state index is 0.193. The molecule has 2 aromatic rings. The first-order chi connectivity index (χ1) is 12.5. The monoisotopic (exact) mass is 375 g/mol. The molecule has 6 heteroatoms. The number of hydrogen-bond acceptors (Lipinski definition) is 4. The fourth-order valence-corrected chi connectivity index (χ4v) is 3.68. The van der Waals surface area contributed by atoms with E-state index in [1.54, 1.807) is 30.3 Å². The van der Waals surface area contributed by atoms with E-state index in [-0.39, 0.29) is 10.5 Å². The predicted molar refractivity (Wildman–Crippen MR) is 103 cm³/mol. The molecule has 0 radical (unpaired) electrons. The maximum absolute atomic E-state index is 12.5. The highest BCUT2D eigenvalue weighted by molar-refractivity contribution is 7.92. The molecular formula is C20H25NO4S. The number of anilines is 1. The number of nitrogens with one attached hydrogen (secondary N) is 1. The zero-order valence-electron chi connectivity index (χ0n) is 15.2. The third-order valence-electron chi connectivity index (χ3n) is 4.09. The largest absolute Gasteiger partial charge is 0.465 e. The standard InChI is InChI=1S/C20H25NO4S/c1-3-4-5-6-8-16-11-13-19(14-12-16)26(23,24)21-18-10-7-9-17(15-18)20(22)25-2/h7,9-15,21H,3-6,8H2,1-2H3. The molecule has 140 valence electrons. The van der Waals surface area contributed by atoms with Crippen molar-refractivity contribution < 1.29 is 17.9 Å². The molecule has 0 atom stereocenters. The number of unbranched alkanes of at least 4 members (excludes halogenated alkanes) is 3. The van der Waals surface area contributed by atoms with Crippen LogP contribution >= 0.6 is 0 Å². The molecule has 1 N–H and O–H groups in total. The van der Waals surface area contributed by atoms with Crippen LogP contribution in [-0.4, -0.2) is 21.5 Å². The smallest absolute Gasteiger partial charge is 0.337 e. The van der Waals surface area contributed by atoms with E-state index >= 15 is 0 Å². The van der Waals surface area contributed by atoms with Gasteiger partial charge in [-0.05, 0) is 48.7 Å². The lowest BCUT2D eigenvalue weighted by Crippen LogP contribution is -2.13. The Morgan fingerprint density at radius 2 is 1.77 bits per heavy atom. The molecule has 26 heavy (non-hydrogen) atoms. The van der Waals surface area contributed by atoms with Gasteiger partial charge in [-0.3, -0.25) is 4.72 Å². The summed E-state index contributed by atoms with van der Waals surface area (Å²) in [7, 11) is -2.43. The van der Waals surface area contributed by atoms with Crippen molar-refractivity contribution in [1.82, 2.24) is 0 Å². The average molecular weight is 375 g/mol. The maximum Gasteiger partial charge on any atom is 0.337 e. The summed E-state index contributed by atoms with van der Waals surface area (Å²) in [4.78, 5) is 11.8. The van der Waals surface area contributed by atoms with Gasteiger partial charge in [0.05, 0.1) is 17.6 Å². The molecule has 2 aromatic carbocycles. The van der Waals surface area contributed by atoms with Crippen LogP contribution in [0.25, 0.3) is 0 Å². The molecule has 0 spiro atoms. The molecule has 0 bridgehead atoms. The van der Waals surface area contributed by atoms with E-state index in [0.29, 0.717) is 5.69 Å². The molecule has 0 aliphatic heterocycles. The molecule has 0 heterocycles. The number of esters is 1. The number of ether oxygens (including phenoxy) is 1. The van der Waals surface area contributed by atoms with Crippen LogP contribution in [0.2, 0.25) is 0 Å². The Kier molecular flexibility index (Phi) is 7.21. The van der Waals surface area contributed by atoms with Gasteiger partial charge in [-0.2, -0.15) is 0 Å². The molecule has 0 aromatic heterocycles. The number of benzene rings is 2. The minimum atomic E-state index is -3.71. The number of methoxy groups -OCH3 is 1. The Balaban J connectivity index is 2.07. The second-order valence-electron chi connectivity index (χ2n) is 6.13. The summed E-state index contributed by atoms with van der Waals surface area (Å²) in [6.45, 7) is 2.17. The van der Waals surface area contributed by atoms with E-state index in [0.717, 1.165) is 18.4 Å². The van der Waals surface area contributed by atoms with Crippen molar-refractivity contribution in [3.8, 4) is 0 Å². The van der Waals surface area contributed by atoms with Crippen LogP contribution in [0.1, 0.15) is 48.5 Å². The average Bonchev–Trinajstić information content (AvgIpc) is 2.65. The van der Waals surface area contributed by atoms with Gasteiger partial charge in [-0.25, -0.2) is 13.2 Å². The van der Waals surface area contributed by atoms with Gasteiger partial charge in [0.25, 0.3) is 10.0 Å². The van der Waals surface area contributed by atoms with Gasteiger partial charge >= 0.3 is 5.97 Å². The second-order valence-corrected chi connectivity index (χ2v) is 7.81. The molecule has 0 aliphatic carbocycles. The van der Waals surface area contributed by atoms with Crippen molar-refractivity contribution in [3.63, 3.8) is 0 Å². The zero-order chi connectivity index (χ0) is 19.0. The normalized spacial score (nSPS) is 11.2. The molecule has 0 amide bonds. The first-order valence-electron chi connectivity index (χ1n) is 8.76. The fraction of sp³-hybridized carbons (Fsp3) is 0.350. The predicted octanol–water partition coefficient (Wildman–Crippen LogP) is 4.40. The van der Waals surface area contributed by atoms with Crippen LogP contribution in [0.5, 0.6) is 0 Å². The van der Waals surface area contributed by atoms with Gasteiger partial charge in [0.2, 0.25) is 0 Å². The maximum atomic E-state index is 12.5. The van der Waals surface area contributed by atoms with Gasteiger partial charge in [0, 0.05) is 5.69 Å². The van der Waals surface area contributed by atoms with Gasteiger partial charge < -0.3 is 4.74 Å². The molecule has 2 rings (SSSR count). The first kappa shape index (κ1) is 20.0. The summed E-state index contributed by atoms with van der Waals surface area (Å²) in [5.41, 5.74) is 1.74. The second kappa shape index (κ2) is 9.38. The number of rotatable bonds is 9. The van der Waals surface area contributed by atoms with Crippen molar-refractivity contribution in [2.75, 3.05) is 11.8 Å². The Bertz CT molecular complexity index is 829. The highest BCUT2D eigenvalue weighted by atomic mass is 32.2. The third-order valence-corrected chi connectivity index (χ3v) is 5.49. The zero-order valence-corrected chi connectivity index (χ0v) is 16.0. The summed E-state index contributed by atoms with van der Waals surface area (Å²) in [6.07, 6.45) is 5.67. The highest BCUT2D eigenvalue weighted by Gasteiger charge is 2.15. The summed E-state index contributed by atoms with van der Waals surface area (Å²) in [5, 5.41) is 0. The highest BCUT2D eigenvalue weighted by Crippen LogP contribution is 2.19. The molecule has 5 nitrogen and oxygen atoms in total. The molecule has 0 fully saturated rings. The third kappa shape index (κ3) is 5.59. The van der Waals surface area contributed by atoms with Crippen LogP contribution in [0.3, 0.4) is 0 Å². The minimum Gasteiger partial charge on any atom is -0.465 e. The molecular weight excluding hydrogens is 350 g/mol. The first-order valence-corrected chi connectivity index (χ1v) is 10.2. The molecule has 0 saturated heterocycles. The summed E-state index contributed by atoms with van der Waals surface area (Å²) >= 11 is 0. The number of hydrogen-bond donors (Lipinski definition) is 1. The van der Waals surface area contributed by atoms with Gasteiger partial charge in [0.1, 0.15) is 0 Å². The lowest BCUT2D eigenvalue weighted by molar-refractivity contribution is 0.0601. The fourth-order valence-electron chi connectivity index (χ4n) is 2.63. The molecule has 0 saturated carbocycles. The summed E-state index contributed by atoms with van der Waals surface area (Å²) in [6, 6.07) is 13.1. The summed E-state index contributed by atoms with van der Waals surface area (Å²) < 4.78 is 32.2. The lowest BCUT2D eigenvalue weighted by Gasteiger charge is -2.10. The number of carbonyl (C=O) groups excluding carboxylic acids is 1. The lowest BCUT2D eigenvalue weighted by atomic mass is 10.1. The van der Waals surface area contributed by atoms with E-state index < -0.39 is 16.0 Å². The van der Waals surface area contributed by atoms with E-state index in [4.69, 9.17) is 0 Å². The molecule has 0 aliphatic rings. The van der Waals surface area contributed by atoms with E-state index in [1.807, 2.05) is 12.1 Å². The van der Waals surface area contributed by atoms with E-state index in [2.05, 4.69) is 16.4 Å². The van der Waals surface area contributed by atoms with Crippen LogP contribution in [0, 0.1) is 0 Å². The van der Waals surface area contributed by atoms with Crippen molar-refractivity contribution in [1.29, 1.82) is 0 Å². The number of aryl methyl sites for hydroxylation is 1. The Morgan fingerprint density at radius 1 is 1.04 bits per heavy atom. The topological polar surface area (TPSA) is 72.5 Å². The van der Waals surface area contributed by atoms with Crippen molar-refractivity contribution >= 4 is 21.7 Å². The van der Waals surface area contributed by atoms with Gasteiger partial charge in [-0.15, -0.1) is 0 Å². The SMILES string of the molecule is CCCCCCc1ccc(S(=O)(=O)Nc2cccc(C(=O)OC)c2)cc1. The van der Waals surface area contributed by atoms with Gasteiger partial charge in [-0.1, -0.05) is 44.4 Å². The Hall–Kier alpha value is -2.34. The van der Waals surface area contributed by atoms with Crippen molar-refractivity contribution in [2.45, 2.75) is 43.9 Å². The van der Waals surface area contributed by atoms with Crippen LogP contribution in [0.4, 0.5) is 5.69 Å². The van der Waals surface area contributed by atoms with Crippen molar-refractivity contribution in [3.05, 3.63) is 59.7 Å².